The Bertz CT molecular complexity index is 434. The molecule has 0 bridgehead atoms. The third-order valence-corrected chi connectivity index (χ3v) is 2.88. The van der Waals surface area contributed by atoms with Gasteiger partial charge in [-0.25, -0.2) is 0 Å². The molecule has 0 saturated heterocycles. The van der Waals surface area contributed by atoms with E-state index in [1.807, 2.05) is 0 Å². The lowest BCUT2D eigenvalue weighted by Crippen LogP contribution is -2.30. The van der Waals surface area contributed by atoms with E-state index in [0.717, 1.165) is 12.0 Å². The maximum atomic E-state index is 12.2. The molecular formula is C13H16F3NO2. The number of rotatable bonds is 3. The van der Waals surface area contributed by atoms with E-state index in [9.17, 15) is 13.2 Å². The zero-order valence-corrected chi connectivity index (χ0v) is 10.6. The quantitative estimate of drug-likeness (QED) is 0.919. The van der Waals surface area contributed by atoms with E-state index in [1.165, 1.54) is 0 Å². The average Bonchev–Trinajstić information content (AvgIpc) is 2.59. The molecule has 6 heteroatoms. The lowest BCUT2D eigenvalue weighted by molar-refractivity contribution is -0.126. The van der Waals surface area contributed by atoms with Crippen molar-refractivity contribution in [2.24, 2.45) is 0 Å². The fraction of sp³-hybridized carbons (Fsp3) is 0.538. The minimum atomic E-state index is -4.21. The molecule has 1 heterocycles. The van der Waals surface area contributed by atoms with Gasteiger partial charge in [0.1, 0.15) is 0 Å². The first-order chi connectivity index (χ1) is 8.96. The maximum absolute atomic E-state index is 12.2. The topological polar surface area (TPSA) is 30.5 Å². The van der Waals surface area contributed by atoms with E-state index in [0.29, 0.717) is 24.7 Å². The van der Waals surface area contributed by atoms with Crippen LogP contribution in [0.3, 0.4) is 0 Å². The van der Waals surface area contributed by atoms with Gasteiger partial charge in [-0.1, -0.05) is 6.07 Å². The van der Waals surface area contributed by atoms with Crippen LogP contribution in [0.5, 0.6) is 11.5 Å². The van der Waals surface area contributed by atoms with Gasteiger partial charge in [0.15, 0.2) is 11.5 Å². The Morgan fingerprint density at radius 3 is 2.58 bits per heavy atom. The molecule has 1 aromatic rings. The van der Waals surface area contributed by atoms with Crippen LogP contribution in [0.25, 0.3) is 0 Å². The summed E-state index contributed by atoms with van der Waals surface area (Å²) in [5.74, 6) is 1.24. The van der Waals surface area contributed by atoms with E-state index in [4.69, 9.17) is 9.47 Å². The average molecular weight is 275 g/mol. The summed E-state index contributed by atoms with van der Waals surface area (Å²) in [7, 11) is 0. The fourth-order valence-electron chi connectivity index (χ4n) is 1.84. The molecule has 0 radical (unpaired) electrons. The summed E-state index contributed by atoms with van der Waals surface area (Å²) >= 11 is 0. The van der Waals surface area contributed by atoms with E-state index in [2.05, 4.69) is 5.32 Å². The van der Waals surface area contributed by atoms with Crippen LogP contribution in [0, 0.1) is 0 Å². The van der Waals surface area contributed by atoms with Gasteiger partial charge >= 0.3 is 6.18 Å². The van der Waals surface area contributed by atoms with Crippen LogP contribution in [-0.4, -0.2) is 25.9 Å². The summed E-state index contributed by atoms with van der Waals surface area (Å²) in [6.45, 7) is 1.82. The van der Waals surface area contributed by atoms with E-state index >= 15 is 0 Å². The summed E-state index contributed by atoms with van der Waals surface area (Å²) in [4.78, 5) is 0. The molecule has 1 atom stereocenters. The van der Waals surface area contributed by atoms with Gasteiger partial charge in [0, 0.05) is 12.5 Å². The zero-order chi connectivity index (χ0) is 13.9. The first kappa shape index (κ1) is 14.0. The number of fused-ring (bicyclic) bond motifs is 1. The smallest absolute Gasteiger partial charge is 0.401 e. The molecule has 106 valence electrons. The summed E-state index contributed by atoms with van der Waals surface area (Å²) in [6.07, 6.45) is -3.41. The van der Waals surface area contributed by atoms with Gasteiger partial charge < -0.3 is 14.8 Å². The predicted molar refractivity (Wildman–Crippen MR) is 64.5 cm³/mol. The molecule has 0 spiro atoms. The molecular weight excluding hydrogens is 259 g/mol. The van der Waals surface area contributed by atoms with Crippen LogP contribution in [0.4, 0.5) is 13.2 Å². The lowest BCUT2D eigenvalue weighted by Gasteiger charge is -2.17. The molecule has 1 aromatic carbocycles. The Morgan fingerprint density at radius 2 is 1.89 bits per heavy atom. The van der Waals surface area contributed by atoms with Crippen molar-refractivity contribution in [3.05, 3.63) is 23.8 Å². The van der Waals surface area contributed by atoms with Crippen LogP contribution in [0.2, 0.25) is 0 Å². The monoisotopic (exact) mass is 275 g/mol. The number of nitrogens with one attached hydrogen (secondary N) is 1. The molecule has 0 aliphatic carbocycles. The molecule has 0 amide bonds. The minimum absolute atomic E-state index is 0.404. The third kappa shape index (κ3) is 4.02. The van der Waals surface area contributed by atoms with Crippen LogP contribution in [0.1, 0.15) is 24.9 Å². The van der Waals surface area contributed by atoms with E-state index < -0.39 is 18.8 Å². The molecule has 0 aromatic heterocycles. The second-order valence-electron chi connectivity index (χ2n) is 4.47. The largest absolute Gasteiger partial charge is 0.490 e. The highest BCUT2D eigenvalue weighted by atomic mass is 19.4. The maximum Gasteiger partial charge on any atom is 0.401 e. The number of benzene rings is 1. The van der Waals surface area contributed by atoms with Crippen molar-refractivity contribution in [3.63, 3.8) is 0 Å². The number of alkyl halides is 3. The third-order valence-electron chi connectivity index (χ3n) is 2.88. The Labute approximate surface area is 109 Å². The minimum Gasteiger partial charge on any atom is -0.490 e. The highest BCUT2D eigenvalue weighted by Crippen LogP contribution is 2.32. The Balaban J connectivity index is 2.06. The van der Waals surface area contributed by atoms with Crippen LogP contribution in [-0.2, 0) is 0 Å². The van der Waals surface area contributed by atoms with Crippen molar-refractivity contribution in [1.29, 1.82) is 0 Å². The second kappa shape index (κ2) is 5.69. The highest BCUT2D eigenvalue weighted by Gasteiger charge is 2.27. The van der Waals surface area contributed by atoms with Crippen LogP contribution >= 0.6 is 0 Å². The van der Waals surface area contributed by atoms with Gasteiger partial charge in [0.05, 0.1) is 19.8 Å². The summed E-state index contributed by atoms with van der Waals surface area (Å²) in [5.41, 5.74) is 0.744. The zero-order valence-electron chi connectivity index (χ0n) is 10.6. The van der Waals surface area contributed by atoms with Gasteiger partial charge in [-0.2, -0.15) is 13.2 Å². The number of hydrogen-bond donors (Lipinski definition) is 1. The van der Waals surface area contributed by atoms with Crippen molar-refractivity contribution in [3.8, 4) is 11.5 Å². The molecule has 0 saturated carbocycles. The van der Waals surface area contributed by atoms with Gasteiger partial charge in [-0.3, -0.25) is 0 Å². The Morgan fingerprint density at radius 1 is 1.21 bits per heavy atom. The van der Waals surface area contributed by atoms with Gasteiger partial charge in [0.2, 0.25) is 0 Å². The first-order valence-corrected chi connectivity index (χ1v) is 6.15. The van der Waals surface area contributed by atoms with Gasteiger partial charge in [-0.15, -0.1) is 0 Å². The molecule has 1 unspecified atom stereocenters. The lowest BCUT2D eigenvalue weighted by atomic mass is 10.1. The van der Waals surface area contributed by atoms with Crippen molar-refractivity contribution in [2.45, 2.75) is 25.6 Å². The Kier molecular flexibility index (Phi) is 4.19. The van der Waals surface area contributed by atoms with E-state index in [1.54, 1.807) is 25.1 Å². The summed E-state index contributed by atoms with van der Waals surface area (Å²) < 4.78 is 47.4. The van der Waals surface area contributed by atoms with Crippen molar-refractivity contribution < 1.29 is 22.6 Å². The number of halogens is 3. The normalized spacial score (nSPS) is 16.8. The summed E-state index contributed by atoms with van der Waals surface area (Å²) in [6, 6.07) is 4.82. The van der Waals surface area contributed by atoms with Crippen molar-refractivity contribution >= 4 is 0 Å². The standard InChI is InChI=1S/C13H16F3NO2/c1-9(17-8-13(14,15)16)10-3-4-11-12(7-10)19-6-2-5-18-11/h3-4,7,9,17H,2,5-6,8H2,1H3. The highest BCUT2D eigenvalue weighted by molar-refractivity contribution is 5.44. The summed E-state index contributed by atoms with van der Waals surface area (Å²) in [5, 5.41) is 2.44. The molecule has 0 fully saturated rings. The fourth-order valence-corrected chi connectivity index (χ4v) is 1.84. The van der Waals surface area contributed by atoms with Crippen molar-refractivity contribution in [1.82, 2.24) is 5.32 Å². The first-order valence-electron chi connectivity index (χ1n) is 6.15. The SMILES string of the molecule is CC(NCC(F)(F)F)c1ccc2c(c1)OCCCO2. The predicted octanol–water partition coefficient (Wildman–Crippen LogP) is 3.06. The van der Waals surface area contributed by atoms with Gasteiger partial charge in [0.25, 0.3) is 0 Å². The molecule has 2 rings (SSSR count). The molecule has 3 nitrogen and oxygen atoms in total. The van der Waals surface area contributed by atoms with Crippen LogP contribution < -0.4 is 14.8 Å². The molecule has 1 aliphatic rings. The van der Waals surface area contributed by atoms with Gasteiger partial charge in [-0.05, 0) is 24.6 Å². The Hall–Kier alpha value is -1.43. The molecule has 19 heavy (non-hydrogen) atoms. The number of hydrogen-bond acceptors (Lipinski definition) is 3. The molecule has 1 N–H and O–H groups in total. The molecule has 1 aliphatic heterocycles. The second-order valence-corrected chi connectivity index (χ2v) is 4.47. The van der Waals surface area contributed by atoms with Crippen LogP contribution in [0.15, 0.2) is 18.2 Å². The van der Waals surface area contributed by atoms with E-state index in [-0.39, 0.29) is 0 Å². The number of ether oxygens (including phenoxy) is 2. The van der Waals surface area contributed by atoms with Crippen molar-refractivity contribution in [2.75, 3.05) is 19.8 Å².